The number of carboxylic acid groups (broad SMARTS) is 1. The van der Waals surface area contributed by atoms with E-state index in [0.717, 1.165) is 5.56 Å². The number of rotatable bonds is 2. The Morgan fingerprint density at radius 1 is 1.60 bits per heavy atom. The molecule has 15 heavy (non-hydrogen) atoms. The number of hydrogen-bond acceptors (Lipinski definition) is 3. The molecule has 0 atom stereocenters. The molecule has 0 unspecified atom stereocenters. The lowest BCUT2D eigenvalue weighted by Crippen LogP contribution is -2.03. The molecule has 0 saturated heterocycles. The first-order chi connectivity index (χ1) is 7.15. The van der Waals surface area contributed by atoms with Crippen molar-refractivity contribution in [1.29, 1.82) is 0 Å². The average molecular weight is 206 g/mol. The number of carboxylic acids is 1. The number of carbonyl (C=O) groups is 1. The Morgan fingerprint density at radius 3 is 2.93 bits per heavy atom. The van der Waals surface area contributed by atoms with Crippen molar-refractivity contribution in [3.63, 3.8) is 0 Å². The summed E-state index contributed by atoms with van der Waals surface area (Å²) in [5.74, 6) is -0.915. The Balaban J connectivity index is 2.86. The highest BCUT2D eigenvalue weighted by Gasteiger charge is 2.19. The molecular formula is C10H10N2O3. The van der Waals surface area contributed by atoms with E-state index in [1.54, 1.807) is 12.3 Å². The van der Waals surface area contributed by atoms with Crippen LogP contribution in [-0.2, 0) is 0 Å². The molecule has 5 nitrogen and oxygen atoms in total. The number of ether oxygens (including phenoxy) is 1. The Hall–Kier alpha value is -2.04. The maximum Gasteiger partial charge on any atom is 0.358 e. The van der Waals surface area contributed by atoms with Crippen molar-refractivity contribution in [3.05, 3.63) is 29.6 Å². The van der Waals surface area contributed by atoms with Crippen LogP contribution in [0, 0.1) is 6.92 Å². The molecule has 5 heteroatoms. The molecule has 0 aliphatic carbocycles. The van der Waals surface area contributed by atoms with E-state index in [9.17, 15) is 4.79 Å². The van der Waals surface area contributed by atoms with Gasteiger partial charge < -0.3 is 9.84 Å². The van der Waals surface area contributed by atoms with Crippen LogP contribution in [0.4, 0.5) is 0 Å². The Labute approximate surface area is 85.9 Å². The predicted octanol–water partition coefficient (Wildman–Crippen LogP) is 1.35. The summed E-state index contributed by atoms with van der Waals surface area (Å²) in [4.78, 5) is 15.1. The largest absolute Gasteiger partial charge is 0.479 e. The van der Waals surface area contributed by atoms with Crippen molar-refractivity contribution in [3.8, 4) is 5.88 Å². The Bertz CT molecular complexity index is 531. The molecule has 0 bridgehead atoms. The fraction of sp³-hybridized carbons (Fsp3) is 0.200. The second kappa shape index (κ2) is 3.27. The quantitative estimate of drug-likeness (QED) is 0.805. The van der Waals surface area contributed by atoms with Gasteiger partial charge >= 0.3 is 5.97 Å². The van der Waals surface area contributed by atoms with Gasteiger partial charge in [0.1, 0.15) is 5.65 Å². The average Bonchev–Trinajstić information content (AvgIpc) is 2.57. The molecule has 0 aliphatic heterocycles. The van der Waals surface area contributed by atoms with Gasteiger partial charge in [-0.05, 0) is 18.6 Å². The van der Waals surface area contributed by atoms with Crippen molar-refractivity contribution in [2.24, 2.45) is 0 Å². The van der Waals surface area contributed by atoms with E-state index in [2.05, 4.69) is 4.98 Å². The topological polar surface area (TPSA) is 63.8 Å². The van der Waals surface area contributed by atoms with Crippen molar-refractivity contribution in [1.82, 2.24) is 9.38 Å². The Morgan fingerprint density at radius 2 is 2.33 bits per heavy atom. The van der Waals surface area contributed by atoms with Gasteiger partial charge in [-0.1, -0.05) is 6.07 Å². The molecule has 0 radical (unpaired) electrons. The molecule has 2 aromatic rings. The minimum absolute atomic E-state index is 0.0520. The van der Waals surface area contributed by atoms with E-state index in [-0.39, 0.29) is 11.6 Å². The lowest BCUT2D eigenvalue weighted by atomic mass is 10.3. The molecule has 0 amide bonds. The second-order valence-electron chi connectivity index (χ2n) is 3.16. The fourth-order valence-corrected chi connectivity index (χ4v) is 1.52. The van der Waals surface area contributed by atoms with Gasteiger partial charge in [-0.2, -0.15) is 4.98 Å². The van der Waals surface area contributed by atoms with Crippen LogP contribution in [0.25, 0.3) is 5.65 Å². The highest BCUT2D eigenvalue weighted by atomic mass is 16.5. The lowest BCUT2D eigenvalue weighted by molar-refractivity contribution is 0.0685. The van der Waals surface area contributed by atoms with E-state index in [4.69, 9.17) is 9.84 Å². The summed E-state index contributed by atoms with van der Waals surface area (Å²) < 4.78 is 6.44. The van der Waals surface area contributed by atoms with Gasteiger partial charge in [0.25, 0.3) is 0 Å². The first-order valence-corrected chi connectivity index (χ1v) is 4.40. The van der Waals surface area contributed by atoms with Crippen LogP contribution >= 0.6 is 0 Å². The van der Waals surface area contributed by atoms with Gasteiger partial charge in [0.05, 0.1) is 7.11 Å². The first kappa shape index (κ1) is 9.51. The van der Waals surface area contributed by atoms with Crippen LogP contribution in [-0.4, -0.2) is 27.6 Å². The minimum atomic E-state index is -1.05. The van der Waals surface area contributed by atoms with Crippen molar-refractivity contribution in [2.45, 2.75) is 6.92 Å². The number of aryl methyl sites for hydroxylation is 1. The number of imidazole rings is 1. The number of aromatic nitrogens is 2. The molecule has 0 fully saturated rings. The third kappa shape index (κ3) is 1.32. The highest BCUT2D eigenvalue weighted by molar-refractivity contribution is 5.90. The van der Waals surface area contributed by atoms with Gasteiger partial charge in [0, 0.05) is 6.20 Å². The Kier molecular flexibility index (Phi) is 2.07. The maximum absolute atomic E-state index is 11.0. The summed E-state index contributed by atoms with van der Waals surface area (Å²) >= 11 is 0. The molecule has 2 aromatic heterocycles. The standard InChI is InChI=1S/C10H10N2O3/c1-6-4-3-5-12-7(10(13)14)9(15-2)11-8(6)12/h3-5H,1-2H3,(H,13,14). The van der Waals surface area contributed by atoms with Crippen LogP contribution in [0.1, 0.15) is 16.1 Å². The summed E-state index contributed by atoms with van der Waals surface area (Å²) in [6.45, 7) is 1.87. The van der Waals surface area contributed by atoms with Gasteiger partial charge in [0.2, 0.25) is 5.88 Å². The molecule has 2 heterocycles. The second-order valence-corrected chi connectivity index (χ2v) is 3.16. The van der Waals surface area contributed by atoms with Crippen LogP contribution in [0.15, 0.2) is 18.3 Å². The maximum atomic E-state index is 11.0. The number of fused-ring (bicyclic) bond motifs is 1. The fourth-order valence-electron chi connectivity index (χ4n) is 1.52. The summed E-state index contributed by atoms with van der Waals surface area (Å²) in [5, 5.41) is 9.03. The summed E-state index contributed by atoms with van der Waals surface area (Å²) in [7, 11) is 1.41. The molecule has 0 spiro atoms. The molecule has 0 aromatic carbocycles. The van der Waals surface area contributed by atoms with Crippen molar-refractivity contribution < 1.29 is 14.6 Å². The van der Waals surface area contributed by atoms with Gasteiger partial charge in [-0.3, -0.25) is 4.40 Å². The normalized spacial score (nSPS) is 10.5. The lowest BCUT2D eigenvalue weighted by Gasteiger charge is -1.98. The van der Waals surface area contributed by atoms with Crippen LogP contribution in [0.3, 0.4) is 0 Å². The monoisotopic (exact) mass is 206 g/mol. The molecular weight excluding hydrogens is 196 g/mol. The first-order valence-electron chi connectivity index (χ1n) is 4.40. The van der Waals surface area contributed by atoms with E-state index >= 15 is 0 Å². The predicted molar refractivity (Wildman–Crippen MR) is 53.4 cm³/mol. The molecule has 1 N–H and O–H groups in total. The van der Waals surface area contributed by atoms with Crippen molar-refractivity contribution in [2.75, 3.05) is 7.11 Å². The molecule has 0 aliphatic rings. The SMILES string of the molecule is COc1nc2c(C)cccn2c1C(=O)O. The third-order valence-electron chi connectivity index (χ3n) is 2.21. The van der Waals surface area contributed by atoms with Crippen LogP contribution in [0.5, 0.6) is 5.88 Å². The zero-order chi connectivity index (χ0) is 11.0. The molecule has 2 rings (SSSR count). The number of hydrogen-bond donors (Lipinski definition) is 1. The molecule has 0 saturated carbocycles. The zero-order valence-electron chi connectivity index (χ0n) is 8.39. The third-order valence-corrected chi connectivity index (χ3v) is 2.21. The van der Waals surface area contributed by atoms with E-state index in [0.29, 0.717) is 5.65 Å². The van der Waals surface area contributed by atoms with E-state index in [1.165, 1.54) is 11.5 Å². The highest BCUT2D eigenvalue weighted by Crippen LogP contribution is 2.21. The smallest absolute Gasteiger partial charge is 0.358 e. The van der Waals surface area contributed by atoms with Gasteiger partial charge in [-0.25, -0.2) is 4.79 Å². The van der Waals surface area contributed by atoms with Crippen LogP contribution < -0.4 is 4.74 Å². The van der Waals surface area contributed by atoms with E-state index < -0.39 is 5.97 Å². The summed E-state index contributed by atoms with van der Waals surface area (Å²) in [6, 6.07) is 3.64. The number of methoxy groups -OCH3 is 1. The number of aromatic carboxylic acids is 1. The minimum Gasteiger partial charge on any atom is -0.479 e. The number of pyridine rings is 1. The summed E-state index contributed by atoms with van der Waals surface area (Å²) in [6.07, 6.45) is 1.65. The number of nitrogens with zero attached hydrogens (tertiary/aromatic N) is 2. The van der Waals surface area contributed by atoms with Gasteiger partial charge in [-0.15, -0.1) is 0 Å². The zero-order valence-corrected chi connectivity index (χ0v) is 8.39. The van der Waals surface area contributed by atoms with E-state index in [1.807, 2.05) is 13.0 Å². The van der Waals surface area contributed by atoms with Gasteiger partial charge in [0.15, 0.2) is 5.69 Å². The summed E-state index contributed by atoms with van der Waals surface area (Å²) in [5.41, 5.74) is 1.56. The van der Waals surface area contributed by atoms with Crippen LogP contribution in [0.2, 0.25) is 0 Å². The van der Waals surface area contributed by atoms with Crippen molar-refractivity contribution >= 4 is 11.6 Å². The molecule has 78 valence electrons.